The van der Waals surface area contributed by atoms with Crippen molar-refractivity contribution in [1.29, 1.82) is 0 Å². The monoisotopic (exact) mass is 299 g/mol. The fourth-order valence-corrected chi connectivity index (χ4v) is 2.48. The molecule has 1 heterocycles. The quantitative estimate of drug-likeness (QED) is 0.779. The number of carbonyl (C=O) groups excluding carboxylic acids is 1. The molecule has 0 radical (unpaired) electrons. The Labute approximate surface area is 118 Å². The number of thiazole rings is 1. The highest BCUT2D eigenvalue weighted by molar-refractivity contribution is 7.09. The number of carbonyl (C=O) groups is 1. The summed E-state index contributed by atoms with van der Waals surface area (Å²) in [5.41, 5.74) is 1.11. The van der Waals surface area contributed by atoms with E-state index in [-0.39, 0.29) is 18.6 Å². The third kappa shape index (κ3) is 4.45. The van der Waals surface area contributed by atoms with E-state index in [1.165, 1.54) is 0 Å². The van der Waals surface area contributed by atoms with Gasteiger partial charge in [-0.25, -0.2) is 4.98 Å². The number of halogens is 3. The molecule has 0 N–H and O–H groups in total. The zero-order chi connectivity index (χ0) is 14.6. The lowest BCUT2D eigenvalue weighted by molar-refractivity contribution is -0.134. The summed E-state index contributed by atoms with van der Waals surface area (Å²) in [5.74, 6) is -0.0849. The summed E-state index contributed by atoms with van der Waals surface area (Å²) < 4.78 is 36.3. The van der Waals surface area contributed by atoms with Crippen LogP contribution in [-0.4, -0.2) is 16.9 Å². The minimum absolute atomic E-state index is 0.0849. The van der Waals surface area contributed by atoms with E-state index < -0.39 is 12.6 Å². The summed E-state index contributed by atoms with van der Waals surface area (Å²) in [6, 6.07) is 8.76. The number of ketones is 1. The molecule has 106 valence electrons. The fourth-order valence-electron chi connectivity index (χ4n) is 1.68. The summed E-state index contributed by atoms with van der Waals surface area (Å²) >= 11 is 1.16. The van der Waals surface area contributed by atoms with Crippen molar-refractivity contribution in [2.45, 2.75) is 25.4 Å². The van der Waals surface area contributed by atoms with Crippen LogP contribution in [0, 0.1) is 0 Å². The van der Waals surface area contributed by atoms with Crippen molar-refractivity contribution in [1.82, 2.24) is 4.98 Å². The maximum absolute atomic E-state index is 12.1. The van der Waals surface area contributed by atoms with Gasteiger partial charge < -0.3 is 0 Å². The van der Waals surface area contributed by atoms with Crippen LogP contribution in [0.1, 0.15) is 27.5 Å². The second-order valence-electron chi connectivity index (χ2n) is 4.31. The normalized spacial score (nSPS) is 11.6. The number of nitrogens with zero attached hydrogens (tertiary/aromatic N) is 1. The first-order valence-corrected chi connectivity index (χ1v) is 6.90. The highest BCUT2D eigenvalue weighted by Crippen LogP contribution is 2.23. The number of hydrogen-bond donors (Lipinski definition) is 0. The molecule has 0 saturated carbocycles. The summed E-state index contributed by atoms with van der Waals surface area (Å²) in [7, 11) is 0. The molecule has 20 heavy (non-hydrogen) atoms. The molecule has 1 aromatic heterocycles. The zero-order valence-corrected chi connectivity index (χ0v) is 11.3. The van der Waals surface area contributed by atoms with Gasteiger partial charge in [0.2, 0.25) is 0 Å². The number of aryl methyl sites for hydroxylation is 1. The number of alkyl halides is 3. The lowest BCUT2D eigenvalue weighted by Crippen LogP contribution is -2.08. The topological polar surface area (TPSA) is 30.0 Å². The molecule has 0 aliphatic heterocycles. The Kier molecular flexibility index (Phi) is 4.54. The summed E-state index contributed by atoms with van der Waals surface area (Å²) in [4.78, 5) is 16.0. The number of aromatic nitrogens is 1. The standard InChI is InChI=1S/C14H12F3NOS/c15-14(16,17)7-6-13-18-11(9-20-13)8-12(19)10-4-2-1-3-5-10/h1-5,9H,6-8H2. The maximum atomic E-state index is 12.1. The molecule has 0 unspecified atom stereocenters. The molecule has 2 nitrogen and oxygen atoms in total. The Hall–Kier alpha value is -1.69. The fraction of sp³-hybridized carbons (Fsp3) is 0.286. The molecule has 0 spiro atoms. The molecular weight excluding hydrogens is 287 g/mol. The Morgan fingerprint density at radius 3 is 2.55 bits per heavy atom. The van der Waals surface area contributed by atoms with Crippen LogP contribution < -0.4 is 0 Å². The number of benzene rings is 1. The van der Waals surface area contributed by atoms with Crippen molar-refractivity contribution >= 4 is 17.1 Å². The molecule has 0 atom stereocenters. The van der Waals surface area contributed by atoms with E-state index >= 15 is 0 Å². The summed E-state index contributed by atoms with van der Waals surface area (Å²) in [5, 5.41) is 2.06. The van der Waals surface area contributed by atoms with E-state index in [0.29, 0.717) is 16.3 Å². The van der Waals surface area contributed by atoms with Gasteiger partial charge in [0.1, 0.15) is 0 Å². The van der Waals surface area contributed by atoms with Gasteiger partial charge in [-0.15, -0.1) is 11.3 Å². The molecule has 0 bridgehead atoms. The van der Waals surface area contributed by atoms with Crippen molar-refractivity contribution in [2.75, 3.05) is 0 Å². The first kappa shape index (κ1) is 14.7. The van der Waals surface area contributed by atoms with Crippen LogP contribution in [0.2, 0.25) is 0 Å². The van der Waals surface area contributed by atoms with Crippen molar-refractivity contribution in [3.8, 4) is 0 Å². The number of rotatable bonds is 5. The predicted octanol–water partition coefficient (Wildman–Crippen LogP) is 4.06. The SMILES string of the molecule is O=C(Cc1csc(CCC(F)(F)F)n1)c1ccccc1. The van der Waals surface area contributed by atoms with Gasteiger partial charge in [0.25, 0.3) is 0 Å². The Balaban J connectivity index is 1.95. The minimum atomic E-state index is -4.17. The Bertz CT molecular complexity index is 578. The lowest BCUT2D eigenvalue weighted by atomic mass is 10.1. The molecule has 0 amide bonds. The third-order valence-electron chi connectivity index (χ3n) is 2.66. The van der Waals surface area contributed by atoms with Gasteiger partial charge in [-0.05, 0) is 0 Å². The molecule has 2 rings (SSSR count). The second-order valence-corrected chi connectivity index (χ2v) is 5.26. The van der Waals surface area contributed by atoms with Crippen LogP contribution in [0.5, 0.6) is 0 Å². The average molecular weight is 299 g/mol. The molecule has 0 fully saturated rings. The summed E-state index contributed by atoms with van der Waals surface area (Å²) in [6.45, 7) is 0. The van der Waals surface area contributed by atoms with Crippen molar-refractivity contribution in [2.24, 2.45) is 0 Å². The molecule has 0 saturated heterocycles. The maximum Gasteiger partial charge on any atom is 0.389 e. The van der Waals surface area contributed by atoms with Gasteiger partial charge in [0.05, 0.1) is 17.1 Å². The minimum Gasteiger partial charge on any atom is -0.294 e. The lowest BCUT2D eigenvalue weighted by Gasteiger charge is -2.03. The van der Waals surface area contributed by atoms with Crippen molar-refractivity contribution < 1.29 is 18.0 Å². The van der Waals surface area contributed by atoms with Gasteiger partial charge in [-0.3, -0.25) is 4.79 Å². The van der Waals surface area contributed by atoms with Crippen LogP contribution in [-0.2, 0) is 12.8 Å². The van der Waals surface area contributed by atoms with Crippen LogP contribution in [0.25, 0.3) is 0 Å². The van der Waals surface area contributed by atoms with E-state index in [4.69, 9.17) is 0 Å². The summed E-state index contributed by atoms with van der Waals surface area (Å²) in [6.07, 6.45) is -5.07. The highest BCUT2D eigenvalue weighted by Gasteiger charge is 2.27. The first-order chi connectivity index (χ1) is 9.44. The highest BCUT2D eigenvalue weighted by atomic mass is 32.1. The number of Topliss-reactive ketones (excluding diaryl/α,β-unsaturated/α-hetero) is 1. The van der Waals surface area contributed by atoms with Gasteiger partial charge in [0.15, 0.2) is 5.78 Å². The molecule has 2 aromatic rings. The van der Waals surface area contributed by atoms with E-state index in [2.05, 4.69) is 4.98 Å². The predicted molar refractivity (Wildman–Crippen MR) is 71.0 cm³/mol. The van der Waals surface area contributed by atoms with Gasteiger partial charge in [-0.2, -0.15) is 13.2 Å². The first-order valence-electron chi connectivity index (χ1n) is 6.02. The van der Waals surface area contributed by atoms with E-state index in [9.17, 15) is 18.0 Å². The van der Waals surface area contributed by atoms with Gasteiger partial charge in [0, 0.05) is 23.8 Å². The molecule has 0 aliphatic carbocycles. The van der Waals surface area contributed by atoms with E-state index in [1.807, 2.05) is 6.07 Å². The van der Waals surface area contributed by atoms with Gasteiger partial charge >= 0.3 is 6.18 Å². The van der Waals surface area contributed by atoms with Crippen molar-refractivity contribution in [3.63, 3.8) is 0 Å². The number of hydrogen-bond acceptors (Lipinski definition) is 3. The molecule has 0 aliphatic rings. The second kappa shape index (κ2) is 6.17. The smallest absolute Gasteiger partial charge is 0.294 e. The third-order valence-corrected chi connectivity index (χ3v) is 3.62. The van der Waals surface area contributed by atoms with Crippen LogP contribution in [0.15, 0.2) is 35.7 Å². The van der Waals surface area contributed by atoms with Crippen LogP contribution >= 0.6 is 11.3 Å². The van der Waals surface area contributed by atoms with Crippen molar-refractivity contribution in [3.05, 3.63) is 52.0 Å². The van der Waals surface area contributed by atoms with Crippen LogP contribution in [0.4, 0.5) is 13.2 Å². The Morgan fingerprint density at radius 2 is 1.90 bits per heavy atom. The van der Waals surface area contributed by atoms with Gasteiger partial charge in [-0.1, -0.05) is 30.3 Å². The van der Waals surface area contributed by atoms with Crippen LogP contribution in [0.3, 0.4) is 0 Å². The molecule has 6 heteroatoms. The largest absolute Gasteiger partial charge is 0.389 e. The zero-order valence-electron chi connectivity index (χ0n) is 10.5. The molecular formula is C14H12F3NOS. The molecule has 1 aromatic carbocycles. The van der Waals surface area contributed by atoms with E-state index in [0.717, 1.165) is 11.3 Å². The Morgan fingerprint density at radius 1 is 1.20 bits per heavy atom. The van der Waals surface area contributed by atoms with E-state index in [1.54, 1.807) is 29.6 Å². The average Bonchev–Trinajstić information content (AvgIpc) is 2.84.